The average molecular weight is 282 g/mol. The summed E-state index contributed by atoms with van der Waals surface area (Å²) >= 11 is 1.69. The van der Waals surface area contributed by atoms with Crippen molar-refractivity contribution < 1.29 is 9.53 Å². The molecule has 0 radical (unpaired) electrons. The van der Waals surface area contributed by atoms with Crippen LogP contribution < -0.4 is 5.32 Å². The largest absolute Gasteiger partial charge is 0.383 e. The fourth-order valence-electron chi connectivity index (χ4n) is 1.90. The van der Waals surface area contributed by atoms with Crippen molar-refractivity contribution in [1.29, 1.82) is 0 Å². The number of methoxy groups -OCH3 is 1. The predicted molar refractivity (Wildman–Crippen MR) is 77.2 cm³/mol. The number of hydrogen-bond donors (Lipinski definition) is 1. The van der Waals surface area contributed by atoms with Gasteiger partial charge < -0.3 is 15.0 Å². The zero-order chi connectivity index (χ0) is 13.5. The SMILES string of the molecule is COCCN(Cc1cccs1)C(=O)CNCC1CC1. The van der Waals surface area contributed by atoms with E-state index in [2.05, 4.69) is 11.4 Å². The van der Waals surface area contributed by atoms with Gasteiger partial charge in [0.15, 0.2) is 0 Å². The number of carbonyl (C=O) groups is 1. The van der Waals surface area contributed by atoms with E-state index in [0.717, 1.165) is 12.5 Å². The summed E-state index contributed by atoms with van der Waals surface area (Å²) in [5, 5.41) is 5.30. The minimum absolute atomic E-state index is 0.158. The van der Waals surface area contributed by atoms with Crippen molar-refractivity contribution in [2.24, 2.45) is 5.92 Å². The maximum Gasteiger partial charge on any atom is 0.236 e. The summed E-state index contributed by atoms with van der Waals surface area (Å²) in [6.07, 6.45) is 2.62. The zero-order valence-corrected chi connectivity index (χ0v) is 12.2. The highest BCUT2D eigenvalue weighted by Crippen LogP contribution is 2.27. The van der Waals surface area contributed by atoms with Gasteiger partial charge in [0, 0.05) is 18.5 Å². The van der Waals surface area contributed by atoms with Crippen LogP contribution in [-0.4, -0.2) is 44.2 Å². The second-order valence-electron chi connectivity index (χ2n) is 4.96. The molecule has 1 aliphatic carbocycles. The van der Waals surface area contributed by atoms with Crippen molar-refractivity contribution >= 4 is 17.2 Å². The molecule has 0 aliphatic heterocycles. The van der Waals surface area contributed by atoms with Crippen molar-refractivity contribution in [2.45, 2.75) is 19.4 Å². The van der Waals surface area contributed by atoms with Gasteiger partial charge >= 0.3 is 0 Å². The van der Waals surface area contributed by atoms with Crippen LogP contribution in [0.3, 0.4) is 0 Å². The molecule has 1 aromatic heterocycles. The number of carbonyl (C=O) groups excluding carboxylic acids is 1. The number of nitrogens with one attached hydrogen (secondary N) is 1. The number of hydrogen-bond acceptors (Lipinski definition) is 4. The first kappa shape index (κ1) is 14.5. The highest BCUT2D eigenvalue weighted by atomic mass is 32.1. The van der Waals surface area contributed by atoms with Gasteiger partial charge in [0.05, 0.1) is 19.7 Å². The molecule has 1 saturated carbocycles. The molecule has 4 nitrogen and oxygen atoms in total. The fourth-order valence-corrected chi connectivity index (χ4v) is 2.62. The fraction of sp³-hybridized carbons (Fsp3) is 0.643. The lowest BCUT2D eigenvalue weighted by Crippen LogP contribution is -2.39. The summed E-state index contributed by atoms with van der Waals surface area (Å²) in [6, 6.07) is 4.08. The molecule has 19 heavy (non-hydrogen) atoms. The third-order valence-electron chi connectivity index (χ3n) is 3.25. The molecule has 5 heteroatoms. The van der Waals surface area contributed by atoms with E-state index in [0.29, 0.717) is 26.2 Å². The number of rotatable bonds is 9. The van der Waals surface area contributed by atoms with Gasteiger partial charge in [-0.25, -0.2) is 0 Å². The highest BCUT2D eigenvalue weighted by molar-refractivity contribution is 7.09. The lowest BCUT2D eigenvalue weighted by Gasteiger charge is -2.22. The lowest BCUT2D eigenvalue weighted by molar-refractivity contribution is -0.131. The van der Waals surface area contributed by atoms with Gasteiger partial charge in [0.25, 0.3) is 0 Å². The molecule has 1 heterocycles. The van der Waals surface area contributed by atoms with Crippen LogP contribution in [-0.2, 0) is 16.1 Å². The van der Waals surface area contributed by atoms with E-state index >= 15 is 0 Å². The van der Waals surface area contributed by atoms with Crippen LogP contribution in [0.25, 0.3) is 0 Å². The third kappa shape index (κ3) is 5.30. The second kappa shape index (κ2) is 7.62. The van der Waals surface area contributed by atoms with Gasteiger partial charge in [-0.3, -0.25) is 4.79 Å². The van der Waals surface area contributed by atoms with Gasteiger partial charge in [-0.15, -0.1) is 11.3 Å². The molecule has 1 aliphatic rings. The first-order chi connectivity index (χ1) is 9.29. The van der Waals surface area contributed by atoms with Crippen LogP contribution in [0.1, 0.15) is 17.7 Å². The summed E-state index contributed by atoms with van der Waals surface area (Å²) < 4.78 is 5.08. The quantitative estimate of drug-likeness (QED) is 0.750. The van der Waals surface area contributed by atoms with Crippen LogP contribution in [0.2, 0.25) is 0 Å². The van der Waals surface area contributed by atoms with Gasteiger partial charge in [-0.1, -0.05) is 6.07 Å². The smallest absolute Gasteiger partial charge is 0.236 e. The van der Waals surface area contributed by atoms with Gasteiger partial charge in [0.2, 0.25) is 5.91 Å². The Hall–Kier alpha value is -0.910. The van der Waals surface area contributed by atoms with Gasteiger partial charge in [-0.05, 0) is 36.8 Å². The Labute approximate surface area is 118 Å². The van der Waals surface area contributed by atoms with Crippen molar-refractivity contribution in [1.82, 2.24) is 10.2 Å². The van der Waals surface area contributed by atoms with Crippen LogP contribution in [0, 0.1) is 5.92 Å². The van der Waals surface area contributed by atoms with E-state index in [4.69, 9.17) is 4.74 Å². The molecular weight excluding hydrogens is 260 g/mol. The molecular formula is C14H22N2O2S. The van der Waals surface area contributed by atoms with Crippen molar-refractivity contribution in [2.75, 3.05) is 33.4 Å². The van der Waals surface area contributed by atoms with E-state index in [1.807, 2.05) is 16.3 Å². The first-order valence-corrected chi connectivity index (χ1v) is 7.67. The Morgan fingerprint density at radius 1 is 1.58 bits per heavy atom. The number of ether oxygens (including phenoxy) is 1. The van der Waals surface area contributed by atoms with Crippen LogP contribution in [0.4, 0.5) is 0 Å². The molecule has 1 fully saturated rings. The molecule has 0 atom stereocenters. The number of amides is 1. The maximum absolute atomic E-state index is 12.2. The zero-order valence-electron chi connectivity index (χ0n) is 11.4. The van der Waals surface area contributed by atoms with E-state index < -0.39 is 0 Å². The first-order valence-electron chi connectivity index (χ1n) is 6.79. The summed E-state index contributed by atoms with van der Waals surface area (Å²) in [7, 11) is 1.67. The van der Waals surface area contributed by atoms with Gasteiger partial charge in [0.1, 0.15) is 0 Å². The summed E-state index contributed by atoms with van der Waals surface area (Å²) in [4.78, 5) is 15.3. The summed E-state index contributed by atoms with van der Waals surface area (Å²) in [6.45, 7) is 3.33. The molecule has 1 N–H and O–H groups in total. The van der Waals surface area contributed by atoms with E-state index in [1.54, 1.807) is 18.4 Å². The van der Waals surface area contributed by atoms with Crippen LogP contribution in [0.15, 0.2) is 17.5 Å². The topological polar surface area (TPSA) is 41.6 Å². The minimum atomic E-state index is 0.158. The molecule has 1 aromatic rings. The predicted octanol–water partition coefficient (Wildman–Crippen LogP) is 1.72. The Morgan fingerprint density at radius 3 is 3.05 bits per heavy atom. The second-order valence-corrected chi connectivity index (χ2v) is 5.99. The van der Waals surface area contributed by atoms with Gasteiger partial charge in [-0.2, -0.15) is 0 Å². The molecule has 2 rings (SSSR count). The monoisotopic (exact) mass is 282 g/mol. The summed E-state index contributed by atoms with van der Waals surface area (Å²) in [5.74, 6) is 0.962. The molecule has 0 aromatic carbocycles. The van der Waals surface area contributed by atoms with Crippen LogP contribution in [0.5, 0.6) is 0 Å². The Kier molecular flexibility index (Phi) is 5.82. The Morgan fingerprint density at radius 2 is 2.42 bits per heavy atom. The standard InChI is InChI=1S/C14H22N2O2S/c1-18-7-6-16(11-13-3-2-8-19-13)14(17)10-15-9-12-4-5-12/h2-3,8,12,15H,4-7,9-11H2,1H3. The average Bonchev–Trinajstić information content (AvgIpc) is 3.09. The molecule has 106 valence electrons. The highest BCUT2D eigenvalue weighted by Gasteiger charge is 2.21. The van der Waals surface area contributed by atoms with Crippen molar-refractivity contribution in [3.63, 3.8) is 0 Å². The third-order valence-corrected chi connectivity index (χ3v) is 4.11. The normalized spacial score (nSPS) is 14.6. The molecule has 0 spiro atoms. The van der Waals surface area contributed by atoms with Crippen LogP contribution >= 0.6 is 11.3 Å². The molecule has 0 saturated heterocycles. The Balaban J connectivity index is 1.78. The van der Waals surface area contributed by atoms with E-state index in [1.165, 1.54) is 17.7 Å². The summed E-state index contributed by atoms with van der Waals surface area (Å²) in [5.41, 5.74) is 0. The molecule has 0 bridgehead atoms. The Bertz CT molecular complexity index is 377. The van der Waals surface area contributed by atoms with E-state index in [9.17, 15) is 4.79 Å². The minimum Gasteiger partial charge on any atom is -0.383 e. The van der Waals surface area contributed by atoms with Crippen molar-refractivity contribution in [3.05, 3.63) is 22.4 Å². The molecule has 0 unspecified atom stereocenters. The lowest BCUT2D eigenvalue weighted by atomic mass is 10.3. The van der Waals surface area contributed by atoms with Crippen molar-refractivity contribution in [3.8, 4) is 0 Å². The number of thiophene rings is 1. The maximum atomic E-state index is 12.2. The van der Waals surface area contributed by atoms with E-state index in [-0.39, 0.29) is 5.91 Å². The molecule has 1 amide bonds. The number of nitrogens with zero attached hydrogens (tertiary/aromatic N) is 1.